The molecule has 6 heteroatoms. The Morgan fingerprint density at radius 3 is 2.79 bits per heavy atom. The Hall–Kier alpha value is -2.44. The van der Waals surface area contributed by atoms with E-state index in [1.807, 2.05) is 37.7 Å². The van der Waals surface area contributed by atoms with Crippen LogP contribution in [0.5, 0.6) is 0 Å². The van der Waals surface area contributed by atoms with Crippen molar-refractivity contribution in [2.24, 2.45) is 36.6 Å². The predicted molar refractivity (Wildman–Crippen MR) is 128 cm³/mol. The average molecular weight is 453 g/mol. The van der Waals surface area contributed by atoms with Gasteiger partial charge in [0.15, 0.2) is 0 Å². The lowest BCUT2D eigenvalue weighted by Crippen LogP contribution is -2.47. The van der Waals surface area contributed by atoms with Crippen molar-refractivity contribution in [3.63, 3.8) is 0 Å². The molecule has 1 aliphatic carbocycles. The molecule has 1 aromatic rings. The van der Waals surface area contributed by atoms with Gasteiger partial charge in [-0.05, 0) is 73.7 Å². The summed E-state index contributed by atoms with van der Waals surface area (Å²) in [7, 11) is 1.88. The number of esters is 1. The number of rotatable bonds is 4. The molecule has 0 saturated heterocycles. The number of allylic oxidation sites excluding steroid dienone is 3. The molecule has 0 fully saturated rings. The minimum Gasteiger partial charge on any atom is -0.456 e. The molecule has 0 saturated carbocycles. The van der Waals surface area contributed by atoms with Crippen LogP contribution in [0.4, 0.5) is 0 Å². The van der Waals surface area contributed by atoms with E-state index in [9.17, 15) is 9.90 Å². The third kappa shape index (κ3) is 4.64. The van der Waals surface area contributed by atoms with Crippen LogP contribution in [0.15, 0.2) is 54.6 Å². The molecule has 1 N–H and O–H groups in total. The molecular weight excluding hydrogens is 416 g/mol. The van der Waals surface area contributed by atoms with E-state index in [4.69, 9.17) is 9.47 Å². The van der Waals surface area contributed by atoms with Gasteiger partial charge in [0, 0.05) is 19.3 Å². The van der Waals surface area contributed by atoms with Gasteiger partial charge in [-0.3, -0.25) is 0 Å². The van der Waals surface area contributed by atoms with Gasteiger partial charge < -0.3 is 19.1 Å². The van der Waals surface area contributed by atoms with Crippen molar-refractivity contribution < 1.29 is 19.4 Å². The summed E-state index contributed by atoms with van der Waals surface area (Å²) >= 11 is 0. The lowest BCUT2D eigenvalue weighted by Gasteiger charge is -2.42. The monoisotopic (exact) mass is 452 g/mol. The molecule has 3 heterocycles. The van der Waals surface area contributed by atoms with Gasteiger partial charge in [0.25, 0.3) is 0 Å². The molecule has 7 atom stereocenters. The number of aryl methyl sites for hydroxylation is 1. The van der Waals surface area contributed by atoms with E-state index in [-0.39, 0.29) is 11.8 Å². The summed E-state index contributed by atoms with van der Waals surface area (Å²) in [5, 5.41) is 11.3. The highest BCUT2D eigenvalue weighted by molar-refractivity contribution is 5.86. The zero-order chi connectivity index (χ0) is 24.0. The summed E-state index contributed by atoms with van der Waals surface area (Å²) in [6, 6.07) is 0. The molecule has 4 rings (SSSR count). The number of aromatic nitrogens is 2. The van der Waals surface area contributed by atoms with E-state index >= 15 is 0 Å². The van der Waals surface area contributed by atoms with Gasteiger partial charge in [0.2, 0.25) is 5.79 Å². The first-order chi connectivity index (χ1) is 15.5. The van der Waals surface area contributed by atoms with Gasteiger partial charge in [-0.1, -0.05) is 39.0 Å². The van der Waals surface area contributed by atoms with Crippen LogP contribution >= 0.6 is 0 Å². The van der Waals surface area contributed by atoms with Gasteiger partial charge in [0.05, 0.1) is 12.0 Å². The summed E-state index contributed by atoms with van der Waals surface area (Å²) in [5.41, 5.74) is 0.543. The third-order valence-corrected chi connectivity index (χ3v) is 7.54. The Labute approximate surface area is 196 Å². The maximum absolute atomic E-state index is 12.8. The molecule has 0 amide bonds. The molecule has 178 valence electrons. The second-order valence-electron chi connectivity index (χ2n) is 10.4. The van der Waals surface area contributed by atoms with Crippen LogP contribution in [0.3, 0.4) is 0 Å². The van der Waals surface area contributed by atoms with Crippen LogP contribution in [0, 0.1) is 29.6 Å². The topological polar surface area (TPSA) is 73.6 Å². The van der Waals surface area contributed by atoms with Crippen molar-refractivity contribution in [3.05, 3.63) is 60.2 Å². The predicted octanol–water partition coefficient (Wildman–Crippen LogP) is 4.44. The van der Waals surface area contributed by atoms with Gasteiger partial charge in [-0.2, -0.15) is 0 Å². The Morgan fingerprint density at radius 1 is 1.36 bits per heavy atom. The standard InChI is InChI=1S/C27H36N2O4/c1-17(2)21-9-7-18(3)22-14-24(32-25(30)10-8-20-15-29(6)16-28-20)26(5)11-12-27(31,33-26)19(4)13-23(21)22/h7-13,15-18,21-24,31H,14H2,1-6H3. The van der Waals surface area contributed by atoms with Crippen molar-refractivity contribution in [1.29, 1.82) is 0 Å². The second-order valence-corrected chi connectivity index (χ2v) is 10.4. The van der Waals surface area contributed by atoms with Crippen molar-refractivity contribution in [1.82, 2.24) is 9.55 Å². The number of aliphatic hydroxyl groups is 1. The van der Waals surface area contributed by atoms with Gasteiger partial charge >= 0.3 is 5.97 Å². The summed E-state index contributed by atoms with van der Waals surface area (Å²) in [6.45, 7) is 10.5. The molecule has 0 aromatic carbocycles. The van der Waals surface area contributed by atoms with Crippen LogP contribution in [-0.2, 0) is 21.3 Å². The van der Waals surface area contributed by atoms with E-state index in [0.717, 1.165) is 5.57 Å². The molecule has 1 aromatic heterocycles. The number of fused-ring (bicyclic) bond motifs is 3. The van der Waals surface area contributed by atoms with E-state index in [0.29, 0.717) is 29.9 Å². The lowest BCUT2D eigenvalue weighted by atomic mass is 9.64. The van der Waals surface area contributed by atoms with E-state index in [2.05, 4.69) is 44.0 Å². The quantitative estimate of drug-likeness (QED) is 0.415. The highest BCUT2D eigenvalue weighted by Crippen LogP contribution is 2.48. The maximum Gasteiger partial charge on any atom is 0.331 e. The highest BCUT2D eigenvalue weighted by Gasteiger charge is 2.51. The van der Waals surface area contributed by atoms with Crippen molar-refractivity contribution in [2.75, 3.05) is 0 Å². The smallest absolute Gasteiger partial charge is 0.331 e. The minimum atomic E-state index is -1.50. The lowest BCUT2D eigenvalue weighted by molar-refractivity contribution is -0.214. The summed E-state index contributed by atoms with van der Waals surface area (Å²) in [6.07, 6.45) is 17.0. The average Bonchev–Trinajstić information content (AvgIpc) is 3.31. The fourth-order valence-corrected chi connectivity index (χ4v) is 5.46. The molecule has 0 radical (unpaired) electrons. The normalized spacial score (nSPS) is 38.1. The zero-order valence-electron chi connectivity index (χ0n) is 20.4. The number of nitrogens with zero attached hydrogens (tertiary/aromatic N) is 2. The molecule has 3 aliphatic rings. The number of hydrogen-bond acceptors (Lipinski definition) is 5. The molecule has 2 aliphatic heterocycles. The van der Waals surface area contributed by atoms with Crippen molar-refractivity contribution in [2.45, 2.75) is 58.5 Å². The summed E-state index contributed by atoms with van der Waals surface area (Å²) in [5.74, 6) is -0.349. The van der Waals surface area contributed by atoms with Crippen LogP contribution in [0.2, 0.25) is 0 Å². The molecular formula is C27H36N2O4. The summed E-state index contributed by atoms with van der Waals surface area (Å²) in [4.78, 5) is 17.1. The Balaban J connectivity index is 1.66. The largest absolute Gasteiger partial charge is 0.456 e. The summed E-state index contributed by atoms with van der Waals surface area (Å²) < 4.78 is 14.1. The SMILES string of the molecule is CC1=CC2C(C(C)C)C=CC(C)C2CC(OC(=O)C=Cc2cn(C)cn2)C2(C)C=CC1(O)O2. The van der Waals surface area contributed by atoms with E-state index in [1.54, 1.807) is 18.5 Å². The van der Waals surface area contributed by atoms with Crippen molar-refractivity contribution in [3.8, 4) is 0 Å². The first kappa shape index (κ1) is 23.7. The number of imidazole rings is 1. The van der Waals surface area contributed by atoms with Gasteiger partial charge in [0.1, 0.15) is 11.7 Å². The fourth-order valence-electron chi connectivity index (χ4n) is 5.46. The van der Waals surface area contributed by atoms with Crippen LogP contribution in [0.25, 0.3) is 6.08 Å². The first-order valence-corrected chi connectivity index (χ1v) is 11.9. The Kier molecular flexibility index (Phi) is 6.27. The van der Waals surface area contributed by atoms with Gasteiger partial charge in [-0.15, -0.1) is 0 Å². The third-order valence-electron chi connectivity index (χ3n) is 7.54. The van der Waals surface area contributed by atoms with Crippen LogP contribution in [-0.4, -0.2) is 38.1 Å². The van der Waals surface area contributed by atoms with Crippen LogP contribution < -0.4 is 0 Å². The molecule has 7 unspecified atom stereocenters. The Bertz CT molecular complexity index is 1020. The molecule has 6 nitrogen and oxygen atoms in total. The van der Waals surface area contributed by atoms with Crippen LogP contribution in [0.1, 0.15) is 46.7 Å². The zero-order valence-corrected chi connectivity index (χ0v) is 20.4. The minimum absolute atomic E-state index is 0.222. The maximum atomic E-state index is 12.8. The first-order valence-electron chi connectivity index (χ1n) is 11.9. The number of hydrogen-bond donors (Lipinski definition) is 1. The number of carbonyl (C=O) groups excluding carboxylic acids is 1. The van der Waals surface area contributed by atoms with Crippen molar-refractivity contribution >= 4 is 12.0 Å². The number of ether oxygens (including phenoxy) is 2. The molecule has 2 bridgehead atoms. The van der Waals surface area contributed by atoms with Gasteiger partial charge in [-0.25, -0.2) is 9.78 Å². The number of carbonyl (C=O) groups is 1. The Morgan fingerprint density at radius 2 is 2.12 bits per heavy atom. The van der Waals surface area contributed by atoms with E-state index in [1.165, 1.54) is 6.08 Å². The molecule has 0 spiro atoms. The highest BCUT2D eigenvalue weighted by atomic mass is 16.7. The molecule has 33 heavy (non-hydrogen) atoms. The second kappa shape index (κ2) is 8.73. The van der Waals surface area contributed by atoms with E-state index < -0.39 is 23.5 Å². The fraction of sp³-hybridized carbons (Fsp3) is 0.556.